The summed E-state index contributed by atoms with van der Waals surface area (Å²) in [4.78, 5) is 7.73. The molecule has 0 amide bonds. The Bertz CT molecular complexity index is 868. The van der Waals surface area contributed by atoms with E-state index < -0.39 is 0 Å². The summed E-state index contributed by atoms with van der Waals surface area (Å²) in [5, 5.41) is 12.2. The zero-order valence-corrected chi connectivity index (χ0v) is 12.3. The predicted molar refractivity (Wildman–Crippen MR) is 85.6 cm³/mol. The molecule has 3 aromatic rings. The highest BCUT2D eigenvalue weighted by Gasteiger charge is 2.14. The molecule has 4 rings (SSSR count). The molecular formula is C17H14N4O2. The Hall–Kier alpha value is -3.20. The van der Waals surface area contributed by atoms with Gasteiger partial charge >= 0.3 is 0 Å². The third-order valence-electron chi connectivity index (χ3n) is 3.66. The van der Waals surface area contributed by atoms with Crippen molar-refractivity contribution in [3.05, 3.63) is 47.5 Å². The number of rotatable bonds is 3. The molecule has 1 aromatic heterocycles. The topological polar surface area (TPSA) is 83.0 Å². The summed E-state index contributed by atoms with van der Waals surface area (Å²) in [6.07, 6.45) is 0. The van der Waals surface area contributed by atoms with Gasteiger partial charge in [-0.05, 0) is 17.7 Å². The zero-order valence-electron chi connectivity index (χ0n) is 12.3. The standard InChI is InChI=1S/C17H14N4O2/c18-9-11-2-1-3-12(6-11)10-19-17-20-13-7-15-16(8-14(13)21-17)23-5-4-22-15/h1-3,6-8H,4-5,10H2,(H2,19,20,21). The molecule has 0 spiro atoms. The molecule has 114 valence electrons. The molecule has 1 aliphatic heterocycles. The number of aromatic nitrogens is 2. The molecule has 6 nitrogen and oxygen atoms in total. The zero-order chi connectivity index (χ0) is 15.6. The second-order valence-corrected chi connectivity index (χ2v) is 5.26. The quantitative estimate of drug-likeness (QED) is 0.777. The number of benzene rings is 2. The number of hydrogen-bond donors (Lipinski definition) is 2. The Kier molecular flexibility index (Phi) is 3.24. The summed E-state index contributed by atoms with van der Waals surface area (Å²) >= 11 is 0. The van der Waals surface area contributed by atoms with Gasteiger partial charge in [-0.25, -0.2) is 4.98 Å². The van der Waals surface area contributed by atoms with Crippen LogP contribution in [0.3, 0.4) is 0 Å². The lowest BCUT2D eigenvalue weighted by atomic mass is 10.1. The molecule has 6 heteroatoms. The number of H-pyrrole nitrogens is 1. The molecule has 0 saturated carbocycles. The number of aromatic amines is 1. The lowest BCUT2D eigenvalue weighted by Crippen LogP contribution is -2.15. The molecule has 2 N–H and O–H groups in total. The van der Waals surface area contributed by atoms with Gasteiger partial charge in [-0.3, -0.25) is 0 Å². The van der Waals surface area contributed by atoms with Crippen LogP contribution in [0.1, 0.15) is 11.1 Å². The monoisotopic (exact) mass is 306 g/mol. The second-order valence-electron chi connectivity index (χ2n) is 5.26. The fourth-order valence-corrected chi connectivity index (χ4v) is 2.57. The molecule has 2 aromatic carbocycles. The molecule has 0 radical (unpaired) electrons. The highest BCUT2D eigenvalue weighted by molar-refractivity contribution is 5.81. The summed E-state index contributed by atoms with van der Waals surface area (Å²) < 4.78 is 11.1. The van der Waals surface area contributed by atoms with Crippen molar-refractivity contribution < 1.29 is 9.47 Å². The van der Waals surface area contributed by atoms with Crippen LogP contribution in [0.15, 0.2) is 36.4 Å². The largest absolute Gasteiger partial charge is 0.486 e. The second kappa shape index (κ2) is 5.54. The van der Waals surface area contributed by atoms with Crippen LogP contribution >= 0.6 is 0 Å². The van der Waals surface area contributed by atoms with Crippen molar-refractivity contribution in [3.63, 3.8) is 0 Å². The minimum absolute atomic E-state index is 0.559. The smallest absolute Gasteiger partial charge is 0.201 e. The van der Waals surface area contributed by atoms with E-state index in [4.69, 9.17) is 14.7 Å². The predicted octanol–water partition coefficient (Wildman–Crippen LogP) is 2.82. The minimum Gasteiger partial charge on any atom is -0.486 e. The first-order valence-corrected chi connectivity index (χ1v) is 7.34. The van der Waals surface area contributed by atoms with E-state index in [2.05, 4.69) is 21.4 Å². The van der Waals surface area contributed by atoms with Crippen LogP contribution in [-0.2, 0) is 6.54 Å². The van der Waals surface area contributed by atoms with Crippen molar-refractivity contribution in [2.45, 2.75) is 6.54 Å². The van der Waals surface area contributed by atoms with E-state index in [9.17, 15) is 0 Å². The van der Waals surface area contributed by atoms with Crippen LogP contribution in [0.4, 0.5) is 5.95 Å². The van der Waals surface area contributed by atoms with E-state index in [0.717, 1.165) is 28.1 Å². The maximum Gasteiger partial charge on any atom is 0.201 e. The van der Waals surface area contributed by atoms with Crippen LogP contribution in [0, 0.1) is 11.3 Å². The average Bonchev–Trinajstić information content (AvgIpc) is 2.99. The van der Waals surface area contributed by atoms with Crippen LogP contribution in [-0.4, -0.2) is 23.2 Å². The first kappa shape index (κ1) is 13.5. The molecule has 0 saturated heterocycles. The Morgan fingerprint density at radius 3 is 2.83 bits per heavy atom. The fraction of sp³-hybridized carbons (Fsp3) is 0.176. The molecule has 23 heavy (non-hydrogen) atoms. The van der Waals surface area contributed by atoms with Crippen molar-refractivity contribution in [2.24, 2.45) is 0 Å². The molecule has 0 fully saturated rings. The first-order chi connectivity index (χ1) is 11.3. The molecule has 0 atom stereocenters. The van der Waals surface area contributed by atoms with Crippen LogP contribution < -0.4 is 14.8 Å². The Morgan fingerprint density at radius 2 is 2.00 bits per heavy atom. The normalized spacial score (nSPS) is 12.8. The summed E-state index contributed by atoms with van der Waals surface area (Å²) in [7, 11) is 0. The number of anilines is 1. The Balaban J connectivity index is 1.56. The van der Waals surface area contributed by atoms with Gasteiger partial charge in [-0.15, -0.1) is 0 Å². The minimum atomic E-state index is 0.559. The van der Waals surface area contributed by atoms with Crippen molar-refractivity contribution in [1.29, 1.82) is 5.26 Å². The molecule has 2 heterocycles. The van der Waals surface area contributed by atoms with Crippen LogP contribution in [0.25, 0.3) is 11.0 Å². The van der Waals surface area contributed by atoms with Crippen molar-refractivity contribution in [3.8, 4) is 17.6 Å². The van der Waals surface area contributed by atoms with Crippen molar-refractivity contribution >= 4 is 17.0 Å². The van der Waals surface area contributed by atoms with Gasteiger partial charge in [0.25, 0.3) is 0 Å². The van der Waals surface area contributed by atoms with Crippen LogP contribution in [0.5, 0.6) is 11.5 Å². The highest BCUT2D eigenvalue weighted by atomic mass is 16.6. The van der Waals surface area contributed by atoms with Gasteiger partial charge < -0.3 is 19.8 Å². The van der Waals surface area contributed by atoms with E-state index in [1.54, 1.807) is 6.07 Å². The van der Waals surface area contributed by atoms with Gasteiger partial charge in [0.05, 0.1) is 22.7 Å². The van der Waals surface area contributed by atoms with E-state index in [1.807, 2.05) is 30.3 Å². The first-order valence-electron chi connectivity index (χ1n) is 7.34. The molecule has 1 aliphatic rings. The van der Waals surface area contributed by atoms with E-state index in [-0.39, 0.29) is 0 Å². The Labute approximate surface area is 132 Å². The van der Waals surface area contributed by atoms with E-state index in [0.29, 0.717) is 31.3 Å². The summed E-state index contributed by atoms with van der Waals surface area (Å²) in [5.41, 5.74) is 3.39. The van der Waals surface area contributed by atoms with Gasteiger partial charge in [0.2, 0.25) is 5.95 Å². The fourth-order valence-electron chi connectivity index (χ4n) is 2.57. The van der Waals surface area contributed by atoms with Crippen LogP contribution in [0.2, 0.25) is 0 Å². The molecular weight excluding hydrogens is 292 g/mol. The lowest BCUT2D eigenvalue weighted by Gasteiger charge is -2.17. The number of hydrogen-bond acceptors (Lipinski definition) is 5. The number of nitrogens with one attached hydrogen (secondary N) is 2. The molecule has 0 aliphatic carbocycles. The highest BCUT2D eigenvalue weighted by Crippen LogP contribution is 2.34. The third kappa shape index (κ3) is 2.64. The number of imidazole rings is 1. The maximum absolute atomic E-state index is 8.93. The van der Waals surface area contributed by atoms with E-state index in [1.165, 1.54) is 0 Å². The van der Waals surface area contributed by atoms with E-state index >= 15 is 0 Å². The summed E-state index contributed by atoms with van der Waals surface area (Å²) in [5.74, 6) is 2.13. The van der Waals surface area contributed by atoms with Crippen molar-refractivity contribution in [2.75, 3.05) is 18.5 Å². The summed E-state index contributed by atoms with van der Waals surface area (Å²) in [6, 6.07) is 13.4. The molecule has 0 unspecified atom stereocenters. The molecule has 0 bridgehead atoms. The van der Waals surface area contributed by atoms with Gasteiger partial charge in [0, 0.05) is 18.7 Å². The Morgan fingerprint density at radius 1 is 1.17 bits per heavy atom. The number of nitriles is 1. The number of nitrogens with zero attached hydrogens (tertiary/aromatic N) is 2. The maximum atomic E-state index is 8.93. The average molecular weight is 306 g/mol. The van der Waals surface area contributed by atoms with Gasteiger partial charge in [0.1, 0.15) is 13.2 Å². The van der Waals surface area contributed by atoms with Gasteiger partial charge in [0.15, 0.2) is 11.5 Å². The number of fused-ring (bicyclic) bond motifs is 2. The SMILES string of the molecule is N#Cc1cccc(CNc2nc3cc4c(cc3[nH]2)OCCO4)c1. The third-order valence-corrected chi connectivity index (χ3v) is 3.66. The number of ether oxygens (including phenoxy) is 2. The van der Waals surface area contributed by atoms with Crippen molar-refractivity contribution in [1.82, 2.24) is 9.97 Å². The summed E-state index contributed by atoms with van der Waals surface area (Å²) in [6.45, 7) is 1.71. The lowest BCUT2D eigenvalue weighted by molar-refractivity contribution is 0.172. The van der Waals surface area contributed by atoms with Gasteiger partial charge in [-0.1, -0.05) is 12.1 Å². The van der Waals surface area contributed by atoms with Gasteiger partial charge in [-0.2, -0.15) is 5.26 Å².